The summed E-state index contributed by atoms with van der Waals surface area (Å²) in [6, 6.07) is 2.78. The molecule has 4 nitrogen and oxygen atoms in total. The highest BCUT2D eigenvalue weighted by Gasteiger charge is 2.33. The van der Waals surface area contributed by atoms with Crippen LogP contribution < -0.4 is 0 Å². The van der Waals surface area contributed by atoms with Crippen molar-refractivity contribution in [2.45, 2.75) is 19.6 Å². The van der Waals surface area contributed by atoms with Gasteiger partial charge in [-0.15, -0.1) is 12.4 Å². The van der Waals surface area contributed by atoms with Gasteiger partial charge in [0.15, 0.2) is 0 Å². The van der Waals surface area contributed by atoms with Crippen molar-refractivity contribution in [2.24, 2.45) is 0 Å². The number of imidazole rings is 2. The second kappa shape index (κ2) is 6.64. The van der Waals surface area contributed by atoms with E-state index in [1.807, 2.05) is 11.5 Å². The zero-order valence-corrected chi connectivity index (χ0v) is 13.3. The molecular formula is C15H13ClF4N4. The van der Waals surface area contributed by atoms with Gasteiger partial charge in [0.05, 0.1) is 24.1 Å². The molecule has 9 heteroatoms. The third-order valence-electron chi connectivity index (χ3n) is 3.45. The zero-order valence-electron chi connectivity index (χ0n) is 12.5. The smallest absolute Gasteiger partial charge is 0.329 e. The van der Waals surface area contributed by atoms with E-state index in [9.17, 15) is 17.6 Å². The molecule has 2 heterocycles. The Morgan fingerprint density at radius 1 is 1.17 bits per heavy atom. The fraction of sp³-hybridized carbons (Fsp3) is 0.200. The molecule has 0 saturated heterocycles. The maximum atomic E-state index is 13.6. The molecule has 0 fully saturated rings. The number of hydrogen-bond donors (Lipinski definition) is 0. The van der Waals surface area contributed by atoms with Crippen LogP contribution in [0.2, 0.25) is 0 Å². The van der Waals surface area contributed by atoms with E-state index in [1.165, 1.54) is 17.0 Å². The number of hydrogen-bond acceptors (Lipinski definition) is 2. The molecule has 0 aliphatic carbocycles. The third kappa shape index (κ3) is 3.59. The maximum Gasteiger partial charge on any atom is 0.419 e. The van der Waals surface area contributed by atoms with E-state index in [0.717, 1.165) is 18.0 Å². The molecule has 0 N–H and O–H groups in total. The Balaban J connectivity index is 0.00000208. The van der Waals surface area contributed by atoms with Crippen molar-refractivity contribution in [3.63, 3.8) is 0 Å². The molecule has 0 aliphatic heterocycles. The molecule has 0 spiro atoms. The first-order valence-electron chi connectivity index (χ1n) is 6.72. The number of aryl methyl sites for hydroxylation is 1. The number of alkyl halides is 3. The van der Waals surface area contributed by atoms with Crippen LogP contribution in [-0.2, 0) is 12.7 Å². The van der Waals surface area contributed by atoms with E-state index >= 15 is 0 Å². The summed E-state index contributed by atoms with van der Waals surface area (Å²) in [5.74, 6) is -0.490. The van der Waals surface area contributed by atoms with Crippen molar-refractivity contribution in [3.8, 4) is 5.69 Å². The van der Waals surface area contributed by atoms with Crippen molar-refractivity contribution in [1.82, 2.24) is 19.1 Å². The molecule has 3 rings (SSSR count). The van der Waals surface area contributed by atoms with Gasteiger partial charge in [-0.25, -0.2) is 14.4 Å². The highest BCUT2D eigenvalue weighted by Crippen LogP contribution is 2.32. The lowest BCUT2D eigenvalue weighted by molar-refractivity contribution is -0.139. The van der Waals surface area contributed by atoms with Crippen molar-refractivity contribution in [1.29, 1.82) is 0 Å². The largest absolute Gasteiger partial charge is 0.419 e. The van der Waals surface area contributed by atoms with Gasteiger partial charge in [0.25, 0.3) is 0 Å². The van der Waals surface area contributed by atoms with Crippen LogP contribution >= 0.6 is 12.4 Å². The molecule has 3 aromatic rings. The second-order valence-corrected chi connectivity index (χ2v) is 5.04. The van der Waals surface area contributed by atoms with E-state index in [0.29, 0.717) is 12.2 Å². The van der Waals surface area contributed by atoms with Crippen LogP contribution in [0.15, 0.2) is 43.1 Å². The molecule has 1 aromatic carbocycles. The Kier molecular flexibility index (Phi) is 4.98. The first kappa shape index (κ1) is 18.0. The molecule has 0 amide bonds. The predicted molar refractivity (Wildman–Crippen MR) is 81.8 cm³/mol. The number of halogens is 5. The number of rotatable bonds is 3. The van der Waals surface area contributed by atoms with E-state index in [1.54, 1.807) is 18.6 Å². The molecule has 0 aliphatic rings. The van der Waals surface area contributed by atoms with Crippen LogP contribution in [0.25, 0.3) is 5.69 Å². The Hall–Kier alpha value is -2.35. The summed E-state index contributed by atoms with van der Waals surface area (Å²) < 4.78 is 54.7. The lowest BCUT2D eigenvalue weighted by atomic mass is 10.2. The van der Waals surface area contributed by atoms with Gasteiger partial charge in [0, 0.05) is 24.3 Å². The second-order valence-electron chi connectivity index (χ2n) is 5.04. The topological polar surface area (TPSA) is 35.6 Å². The van der Waals surface area contributed by atoms with Crippen LogP contribution in [0.3, 0.4) is 0 Å². The SMILES string of the molecule is Cc1nccn1Cc1cn(-c2ccc(C(F)(F)F)c(F)c2)cn1.Cl. The van der Waals surface area contributed by atoms with Gasteiger partial charge in [0.1, 0.15) is 11.6 Å². The minimum Gasteiger partial charge on any atom is -0.329 e. The molecule has 128 valence electrons. The normalized spacial score (nSPS) is 11.4. The van der Waals surface area contributed by atoms with Crippen molar-refractivity contribution in [2.75, 3.05) is 0 Å². The zero-order chi connectivity index (χ0) is 16.6. The van der Waals surface area contributed by atoms with E-state index in [-0.39, 0.29) is 18.1 Å². The van der Waals surface area contributed by atoms with Crippen molar-refractivity contribution < 1.29 is 17.6 Å². The van der Waals surface area contributed by atoms with E-state index in [4.69, 9.17) is 0 Å². The summed E-state index contributed by atoms with van der Waals surface area (Å²) >= 11 is 0. The Morgan fingerprint density at radius 2 is 1.92 bits per heavy atom. The Labute approximate surface area is 141 Å². The van der Waals surface area contributed by atoms with Crippen molar-refractivity contribution in [3.05, 3.63) is 66.0 Å². The lowest BCUT2D eigenvalue weighted by Crippen LogP contribution is -2.08. The summed E-state index contributed by atoms with van der Waals surface area (Å²) in [5, 5.41) is 0. The highest BCUT2D eigenvalue weighted by molar-refractivity contribution is 5.85. The first-order valence-corrected chi connectivity index (χ1v) is 6.72. The van der Waals surface area contributed by atoms with Gasteiger partial charge < -0.3 is 9.13 Å². The van der Waals surface area contributed by atoms with Gasteiger partial charge >= 0.3 is 6.18 Å². The fourth-order valence-corrected chi connectivity index (χ4v) is 2.23. The third-order valence-corrected chi connectivity index (χ3v) is 3.45. The predicted octanol–water partition coefficient (Wildman–Crippen LogP) is 4.01. The summed E-state index contributed by atoms with van der Waals surface area (Å²) in [6.45, 7) is 2.32. The van der Waals surface area contributed by atoms with Gasteiger partial charge in [-0.05, 0) is 25.1 Å². The minimum absolute atomic E-state index is 0. The molecule has 0 radical (unpaired) electrons. The van der Waals surface area contributed by atoms with Crippen LogP contribution in [-0.4, -0.2) is 19.1 Å². The molecule has 0 atom stereocenters. The maximum absolute atomic E-state index is 13.6. The Morgan fingerprint density at radius 3 is 2.50 bits per heavy atom. The summed E-state index contributed by atoms with van der Waals surface area (Å²) in [4.78, 5) is 8.27. The minimum atomic E-state index is -4.71. The number of benzene rings is 1. The van der Waals surface area contributed by atoms with Crippen LogP contribution in [0.1, 0.15) is 17.1 Å². The molecular weight excluding hydrogens is 348 g/mol. The number of nitrogens with zero attached hydrogens (tertiary/aromatic N) is 4. The average molecular weight is 361 g/mol. The molecule has 0 saturated carbocycles. The summed E-state index contributed by atoms with van der Waals surface area (Å²) in [5.41, 5.74) is -0.321. The first-order chi connectivity index (χ1) is 10.8. The van der Waals surface area contributed by atoms with Gasteiger partial charge in [-0.1, -0.05) is 0 Å². The highest BCUT2D eigenvalue weighted by atomic mass is 35.5. The molecule has 0 unspecified atom stereocenters. The van der Waals surface area contributed by atoms with Gasteiger partial charge in [-0.2, -0.15) is 13.2 Å². The summed E-state index contributed by atoms with van der Waals surface area (Å²) in [6.07, 6.45) is 1.83. The van der Waals surface area contributed by atoms with E-state index < -0.39 is 17.6 Å². The monoisotopic (exact) mass is 360 g/mol. The molecule has 24 heavy (non-hydrogen) atoms. The lowest BCUT2D eigenvalue weighted by Gasteiger charge is -2.09. The molecule has 2 aromatic heterocycles. The summed E-state index contributed by atoms with van der Waals surface area (Å²) in [7, 11) is 0. The fourth-order valence-electron chi connectivity index (χ4n) is 2.23. The van der Waals surface area contributed by atoms with E-state index in [2.05, 4.69) is 9.97 Å². The number of aromatic nitrogens is 4. The average Bonchev–Trinajstić information content (AvgIpc) is 3.08. The standard InChI is InChI=1S/C15H12F4N4.ClH/c1-10-20-4-5-22(10)7-11-8-23(9-21-11)12-2-3-13(14(16)6-12)15(17,18)19;/h2-6,8-9H,7H2,1H3;1H. The van der Waals surface area contributed by atoms with Crippen molar-refractivity contribution >= 4 is 12.4 Å². The van der Waals surface area contributed by atoms with Crippen LogP contribution in [0, 0.1) is 12.7 Å². The van der Waals surface area contributed by atoms with Crippen LogP contribution in [0.4, 0.5) is 17.6 Å². The van der Waals surface area contributed by atoms with Crippen LogP contribution in [0.5, 0.6) is 0 Å². The Bertz CT molecular complexity index is 838. The van der Waals surface area contributed by atoms with Gasteiger partial charge in [0.2, 0.25) is 0 Å². The van der Waals surface area contributed by atoms with Gasteiger partial charge in [-0.3, -0.25) is 0 Å². The molecule has 0 bridgehead atoms. The quantitative estimate of drug-likeness (QED) is 0.662.